The maximum Gasteiger partial charge on any atom is 0.331 e. The van der Waals surface area contributed by atoms with Gasteiger partial charge in [0.05, 0.1) is 14.2 Å². The van der Waals surface area contributed by atoms with E-state index in [1.165, 1.54) is 13.2 Å². The monoisotopic (exact) mass is 411 g/mol. The summed E-state index contributed by atoms with van der Waals surface area (Å²) in [5.74, 6) is 0.457. The number of nitrogens with one attached hydrogen (secondary N) is 1. The molecule has 0 saturated carbocycles. The number of carbonyl (C=O) groups excluding carboxylic acids is 2. The summed E-state index contributed by atoms with van der Waals surface area (Å²) in [6.45, 7) is 7.60. The van der Waals surface area contributed by atoms with Gasteiger partial charge in [-0.25, -0.2) is 4.79 Å². The molecule has 6 heteroatoms. The molecule has 1 amide bonds. The summed E-state index contributed by atoms with van der Waals surface area (Å²) in [6, 6.07) is 11.1. The molecule has 0 aliphatic heterocycles. The van der Waals surface area contributed by atoms with E-state index in [4.69, 9.17) is 14.2 Å². The number of ether oxygens (including phenoxy) is 3. The molecule has 0 aliphatic rings. The molecular weight excluding hydrogens is 382 g/mol. The Hall–Kier alpha value is -3.28. The van der Waals surface area contributed by atoms with Crippen molar-refractivity contribution in [1.82, 2.24) is 0 Å². The number of hydrogen-bond acceptors (Lipinski definition) is 5. The Morgan fingerprint density at radius 1 is 1.03 bits per heavy atom. The van der Waals surface area contributed by atoms with Crippen molar-refractivity contribution in [3.63, 3.8) is 0 Å². The van der Waals surface area contributed by atoms with E-state index in [-0.39, 0.29) is 11.8 Å². The summed E-state index contributed by atoms with van der Waals surface area (Å²) in [5.41, 5.74) is 3.45. The van der Waals surface area contributed by atoms with Crippen LogP contribution in [0.4, 0.5) is 5.69 Å². The van der Waals surface area contributed by atoms with Gasteiger partial charge in [0.2, 0.25) is 0 Å². The number of esters is 1. The van der Waals surface area contributed by atoms with Gasteiger partial charge in [0, 0.05) is 23.4 Å². The smallest absolute Gasteiger partial charge is 0.331 e. The third-order valence-electron chi connectivity index (χ3n) is 4.68. The minimum atomic E-state index is -0.945. The van der Waals surface area contributed by atoms with Gasteiger partial charge in [-0.1, -0.05) is 32.0 Å². The van der Waals surface area contributed by atoms with Crippen LogP contribution < -0.4 is 14.8 Å². The van der Waals surface area contributed by atoms with Crippen LogP contribution in [0.3, 0.4) is 0 Å². The van der Waals surface area contributed by atoms with Crippen molar-refractivity contribution in [1.29, 1.82) is 0 Å². The molecule has 1 atom stereocenters. The van der Waals surface area contributed by atoms with Crippen molar-refractivity contribution in [2.24, 2.45) is 0 Å². The Kier molecular flexibility index (Phi) is 8.04. The zero-order valence-corrected chi connectivity index (χ0v) is 18.3. The highest BCUT2D eigenvalue weighted by Gasteiger charge is 2.19. The highest BCUT2D eigenvalue weighted by atomic mass is 16.5. The number of amides is 1. The standard InChI is InChI=1S/C24H29NO5/c1-15(2)20-9-7-8-16(3)23(20)25-24(27)17(4)30-22(26)13-11-18-10-12-19(28-5)14-21(18)29-6/h7-15,17H,1-6H3,(H,25,27)/b13-11+/t17-/m1/s1. The molecule has 0 saturated heterocycles. The molecule has 0 bridgehead atoms. The van der Waals surface area contributed by atoms with E-state index < -0.39 is 12.1 Å². The van der Waals surface area contributed by atoms with Crippen molar-refractivity contribution in [2.45, 2.75) is 39.7 Å². The lowest BCUT2D eigenvalue weighted by Gasteiger charge is -2.18. The van der Waals surface area contributed by atoms with Crippen LogP contribution >= 0.6 is 0 Å². The Labute approximate surface area is 177 Å². The van der Waals surface area contributed by atoms with Crippen molar-refractivity contribution in [3.05, 3.63) is 59.2 Å². The number of benzene rings is 2. The molecule has 0 aromatic heterocycles. The van der Waals surface area contributed by atoms with Crippen molar-refractivity contribution in [3.8, 4) is 11.5 Å². The molecule has 0 spiro atoms. The lowest BCUT2D eigenvalue weighted by Crippen LogP contribution is -2.30. The normalized spacial score (nSPS) is 12.0. The van der Waals surface area contributed by atoms with Crippen LogP contribution in [-0.4, -0.2) is 32.2 Å². The van der Waals surface area contributed by atoms with Crippen molar-refractivity contribution < 1.29 is 23.8 Å². The van der Waals surface area contributed by atoms with Crippen LogP contribution in [0.1, 0.15) is 43.4 Å². The van der Waals surface area contributed by atoms with Gasteiger partial charge in [-0.05, 0) is 49.1 Å². The quantitative estimate of drug-likeness (QED) is 0.503. The topological polar surface area (TPSA) is 73.9 Å². The van der Waals surface area contributed by atoms with Crippen LogP contribution in [0.2, 0.25) is 0 Å². The highest BCUT2D eigenvalue weighted by Crippen LogP contribution is 2.28. The fourth-order valence-corrected chi connectivity index (χ4v) is 2.95. The molecule has 0 heterocycles. The summed E-state index contributed by atoms with van der Waals surface area (Å²) in [7, 11) is 3.10. The zero-order chi connectivity index (χ0) is 22.3. The first-order chi connectivity index (χ1) is 14.3. The van der Waals surface area contributed by atoms with E-state index >= 15 is 0 Å². The molecule has 2 aromatic rings. The number of hydrogen-bond donors (Lipinski definition) is 1. The van der Waals surface area contributed by atoms with Gasteiger partial charge in [-0.2, -0.15) is 0 Å². The second-order valence-electron chi connectivity index (χ2n) is 7.20. The van der Waals surface area contributed by atoms with Gasteiger partial charge in [0.1, 0.15) is 11.5 Å². The minimum absolute atomic E-state index is 0.250. The molecule has 2 aromatic carbocycles. The summed E-state index contributed by atoms with van der Waals surface area (Å²) < 4.78 is 15.7. The molecule has 1 N–H and O–H groups in total. The maximum atomic E-state index is 12.6. The molecule has 0 radical (unpaired) electrons. The summed E-state index contributed by atoms with van der Waals surface area (Å²) in [5, 5.41) is 2.90. The van der Waals surface area contributed by atoms with Crippen molar-refractivity contribution in [2.75, 3.05) is 19.5 Å². The first kappa shape index (κ1) is 23.0. The van der Waals surface area contributed by atoms with Gasteiger partial charge in [0.15, 0.2) is 6.10 Å². The number of anilines is 1. The Morgan fingerprint density at radius 2 is 1.77 bits per heavy atom. The average molecular weight is 411 g/mol. The van der Waals surface area contributed by atoms with Gasteiger partial charge in [-0.3, -0.25) is 4.79 Å². The molecule has 0 aliphatic carbocycles. The number of methoxy groups -OCH3 is 2. The van der Waals surface area contributed by atoms with Gasteiger partial charge in [-0.15, -0.1) is 0 Å². The summed E-state index contributed by atoms with van der Waals surface area (Å²) in [6.07, 6.45) is 1.89. The van der Waals surface area contributed by atoms with Crippen LogP contribution in [-0.2, 0) is 14.3 Å². The fourth-order valence-electron chi connectivity index (χ4n) is 2.95. The second kappa shape index (κ2) is 10.5. The first-order valence-corrected chi connectivity index (χ1v) is 9.77. The lowest BCUT2D eigenvalue weighted by molar-refractivity contribution is -0.148. The predicted octanol–water partition coefficient (Wildman–Crippen LogP) is 4.72. The molecular formula is C24H29NO5. The largest absolute Gasteiger partial charge is 0.497 e. The molecule has 30 heavy (non-hydrogen) atoms. The number of para-hydroxylation sites is 1. The van der Waals surface area contributed by atoms with E-state index in [1.807, 2.05) is 25.1 Å². The second-order valence-corrected chi connectivity index (χ2v) is 7.20. The highest BCUT2D eigenvalue weighted by molar-refractivity contribution is 5.97. The van der Waals surface area contributed by atoms with Crippen LogP contribution in [0, 0.1) is 6.92 Å². The van der Waals surface area contributed by atoms with Gasteiger partial charge in [0.25, 0.3) is 5.91 Å². The molecule has 2 rings (SSSR count). The average Bonchev–Trinajstić information content (AvgIpc) is 2.73. The van der Waals surface area contributed by atoms with E-state index in [9.17, 15) is 9.59 Å². The van der Waals surface area contributed by atoms with Crippen LogP contribution in [0.5, 0.6) is 11.5 Å². The lowest BCUT2D eigenvalue weighted by atomic mass is 9.98. The summed E-state index contributed by atoms with van der Waals surface area (Å²) >= 11 is 0. The van der Waals surface area contributed by atoms with Crippen LogP contribution in [0.25, 0.3) is 6.08 Å². The van der Waals surface area contributed by atoms with E-state index in [2.05, 4.69) is 19.2 Å². The SMILES string of the molecule is COc1ccc(/C=C/C(=O)O[C@H](C)C(=O)Nc2c(C)cccc2C(C)C)c(OC)c1. The van der Waals surface area contributed by atoms with Crippen molar-refractivity contribution >= 4 is 23.6 Å². The molecule has 160 valence electrons. The van der Waals surface area contributed by atoms with E-state index in [1.54, 1.807) is 38.3 Å². The third-order valence-corrected chi connectivity index (χ3v) is 4.68. The molecule has 0 fully saturated rings. The Morgan fingerprint density at radius 3 is 2.40 bits per heavy atom. The molecule has 6 nitrogen and oxygen atoms in total. The minimum Gasteiger partial charge on any atom is -0.497 e. The maximum absolute atomic E-state index is 12.6. The Bertz CT molecular complexity index is 933. The first-order valence-electron chi connectivity index (χ1n) is 9.77. The Balaban J connectivity index is 2.04. The van der Waals surface area contributed by atoms with Gasteiger partial charge >= 0.3 is 5.97 Å². The van der Waals surface area contributed by atoms with E-state index in [0.29, 0.717) is 17.1 Å². The zero-order valence-electron chi connectivity index (χ0n) is 18.3. The number of aryl methyl sites for hydroxylation is 1. The summed E-state index contributed by atoms with van der Waals surface area (Å²) in [4.78, 5) is 24.8. The predicted molar refractivity (Wildman–Crippen MR) is 118 cm³/mol. The fraction of sp³-hybridized carbons (Fsp3) is 0.333. The molecule has 0 unspecified atom stereocenters. The number of rotatable bonds is 8. The van der Waals surface area contributed by atoms with E-state index in [0.717, 1.165) is 16.8 Å². The van der Waals surface area contributed by atoms with Gasteiger partial charge < -0.3 is 19.5 Å². The third kappa shape index (κ3) is 5.86. The number of carbonyl (C=O) groups is 2. The van der Waals surface area contributed by atoms with Crippen LogP contribution in [0.15, 0.2) is 42.5 Å².